The first kappa shape index (κ1) is 11.0. The Morgan fingerprint density at radius 3 is 3.00 bits per heavy atom. The molecule has 1 aliphatic rings. The van der Waals surface area contributed by atoms with Crippen molar-refractivity contribution in [1.29, 1.82) is 0 Å². The van der Waals surface area contributed by atoms with E-state index in [9.17, 15) is 0 Å². The summed E-state index contributed by atoms with van der Waals surface area (Å²) in [6.07, 6.45) is 3.95. The summed E-state index contributed by atoms with van der Waals surface area (Å²) in [7, 11) is 2.01. The fraction of sp³-hybridized carbons (Fsp3) is 0.500. The third-order valence-corrected chi connectivity index (χ3v) is 3.40. The molecule has 0 spiro atoms. The SMILES string of the molecule is CNC1CCCC1Oc1cccc(Br)c1. The van der Waals surface area contributed by atoms with Gasteiger partial charge in [-0.25, -0.2) is 0 Å². The highest BCUT2D eigenvalue weighted by Crippen LogP contribution is 2.26. The minimum Gasteiger partial charge on any atom is -0.489 e. The Bertz CT molecular complexity index is 329. The van der Waals surface area contributed by atoms with Crippen LogP contribution in [0.4, 0.5) is 0 Å². The summed E-state index contributed by atoms with van der Waals surface area (Å²) in [4.78, 5) is 0. The van der Waals surface area contributed by atoms with Crippen LogP contribution in [0.5, 0.6) is 5.75 Å². The van der Waals surface area contributed by atoms with Crippen molar-refractivity contribution in [3.05, 3.63) is 28.7 Å². The monoisotopic (exact) mass is 269 g/mol. The number of likely N-dealkylation sites (N-methyl/N-ethyl adjacent to an activating group) is 1. The second kappa shape index (κ2) is 4.99. The molecule has 1 aliphatic carbocycles. The molecule has 3 heteroatoms. The molecule has 1 aromatic carbocycles. The molecular weight excluding hydrogens is 254 g/mol. The second-order valence-corrected chi connectivity index (χ2v) is 4.86. The molecule has 0 saturated heterocycles. The zero-order chi connectivity index (χ0) is 10.7. The number of hydrogen-bond donors (Lipinski definition) is 1. The molecule has 2 nitrogen and oxygen atoms in total. The van der Waals surface area contributed by atoms with Crippen molar-refractivity contribution in [2.24, 2.45) is 0 Å². The molecule has 0 amide bonds. The molecule has 15 heavy (non-hydrogen) atoms. The highest BCUT2D eigenvalue weighted by Gasteiger charge is 2.27. The molecule has 1 aromatic rings. The van der Waals surface area contributed by atoms with Gasteiger partial charge in [0.05, 0.1) is 0 Å². The Labute approximate surface area is 99.1 Å². The van der Waals surface area contributed by atoms with Gasteiger partial charge < -0.3 is 10.1 Å². The van der Waals surface area contributed by atoms with Gasteiger partial charge in [0, 0.05) is 10.5 Å². The quantitative estimate of drug-likeness (QED) is 0.911. The molecule has 2 rings (SSSR count). The van der Waals surface area contributed by atoms with E-state index in [0.717, 1.165) is 16.6 Å². The van der Waals surface area contributed by atoms with Gasteiger partial charge in [-0.05, 0) is 44.5 Å². The summed E-state index contributed by atoms with van der Waals surface area (Å²) in [6.45, 7) is 0. The summed E-state index contributed by atoms with van der Waals surface area (Å²) < 4.78 is 7.04. The van der Waals surface area contributed by atoms with E-state index < -0.39 is 0 Å². The molecule has 0 aromatic heterocycles. The predicted molar refractivity (Wildman–Crippen MR) is 65.3 cm³/mol. The first-order chi connectivity index (χ1) is 7.29. The smallest absolute Gasteiger partial charge is 0.120 e. The Balaban J connectivity index is 2.02. The van der Waals surface area contributed by atoms with Crippen LogP contribution in [-0.4, -0.2) is 19.2 Å². The largest absolute Gasteiger partial charge is 0.489 e. The fourth-order valence-corrected chi connectivity index (χ4v) is 2.49. The third kappa shape index (κ3) is 2.73. The van der Waals surface area contributed by atoms with E-state index in [1.165, 1.54) is 12.8 Å². The van der Waals surface area contributed by atoms with Crippen molar-refractivity contribution >= 4 is 15.9 Å². The molecule has 1 fully saturated rings. The maximum atomic E-state index is 5.97. The van der Waals surface area contributed by atoms with Gasteiger partial charge in [-0.3, -0.25) is 0 Å². The number of halogens is 1. The summed E-state index contributed by atoms with van der Waals surface area (Å²) in [6, 6.07) is 8.55. The van der Waals surface area contributed by atoms with Crippen LogP contribution in [0.3, 0.4) is 0 Å². The van der Waals surface area contributed by atoms with Gasteiger partial charge in [-0.15, -0.1) is 0 Å². The van der Waals surface area contributed by atoms with Gasteiger partial charge in [-0.2, -0.15) is 0 Å². The van der Waals surface area contributed by atoms with Gasteiger partial charge in [-0.1, -0.05) is 22.0 Å². The lowest BCUT2D eigenvalue weighted by atomic mass is 10.2. The molecule has 1 saturated carbocycles. The van der Waals surface area contributed by atoms with Gasteiger partial charge in [0.1, 0.15) is 11.9 Å². The lowest BCUT2D eigenvalue weighted by Gasteiger charge is -2.20. The topological polar surface area (TPSA) is 21.3 Å². The van der Waals surface area contributed by atoms with E-state index in [-0.39, 0.29) is 0 Å². The van der Waals surface area contributed by atoms with Gasteiger partial charge in [0.15, 0.2) is 0 Å². The van der Waals surface area contributed by atoms with Gasteiger partial charge >= 0.3 is 0 Å². The minimum absolute atomic E-state index is 0.323. The van der Waals surface area contributed by atoms with Crippen LogP contribution >= 0.6 is 15.9 Å². The number of hydrogen-bond acceptors (Lipinski definition) is 2. The van der Waals surface area contributed by atoms with Crippen molar-refractivity contribution in [3.63, 3.8) is 0 Å². The number of ether oxygens (including phenoxy) is 1. The molecule has 2 atom stereocenters. The number of rotatable bonds is 3. The lowest BCUT2D eigenvalue weighted by Crippen LogP contribution is -2.36. The molecule has 0 heterocycles. The predicted octanol–water partition coefficient (Wildman–Crippen LogP) is 2.97. The van der Waals surface area contributed by atoms with Crippen LogP contribution in [0.15, 0.2) is 28.7 Å². The zero-order valence-electron chi connectivity index (χ0n) is 8.87. The standard InChI is InChI=1S/C12H16BrNO/c1-14-11-6-3-7-12(11)15-10-5-2-4-9(13)8-10/h2,4-5,8,11-12,14H,3,6-7H2,1H3. The molecule has 0 aliphatic heterocycles. The minimum atomic E-state index is 0.323. The zero-order valence-corrected chi connectivity index (χ0v) is 10.5. The van der Waals surface area contributed by atoms with E-state index in [1.54, 1.807) is 0 Å². The molecule has 2 unspecified atom stereocenters. The highest BCUT2D eigenvalue weighted by molar-refractivity contribution is 9.10. The summed E-state index contributed by atoms with van der Waals surface area (Å²) in [5.74, 6) is 0.955. The molecule has 82 valence electrons. The Morgan fingerprint density at radius 2 is 2.27 bits per heavy atom. The van der Waals surface area contributed by atoms with Crippen LogP contribution in [0, 0.1) is 0 Å². The highest BCUT2D eigenvalue weighted by atomic mass is 79.9. The van der Waals surface area contributed by atoms with Crippen LogP contribution in [0.25, 0.3) is 0 Å². The number of nitrogens with one attached hydrogen (secondary N) is 1. The van der Waals surface area contributed by atoms with Crippen molar-refractivity contribution in [3.8, 4) is 5.75 Å². The van der Waals surface area contributed by atoms with Crippen molar-refractivity contribution in [2.75, 3.05) is 7.05 Å². The van der Waals surface area contributed by atoms with E-state index in [1.807, 2.05) is 31.3 Å². The van der Waals surface area contributed by atoms with E-state index in [2.05, 4.69) is 21.2 Å². The van der Waals surface area contributed by atoms with Crippen LogP contribution < -0.4 is 10.1 Å². The number of benzene rings is 1. The van der Waals surface area contributed by atoms with Crippen molar-refractivity contribution in [2.45, 2.75) is 31.4 Å². The van der Waals surface area contributed by atoms with Crippen molar-refractivity contribution < 1.29 is 4.74 Å². The van der Waals surface area contributed by atoms with Gasteiger partial charge in [0.25, 0.3) is 0 Å². The fourth-order valence-electron chi connectivity index (χ4n) is 2.11. The Kier molecular flexibility index (Phi) is 3.65. The van der Waals surface area contributed by atoms with E-state index in [4.69, 9.17) is 4.74 Å². The molecule has 1 N–H and O–H groups in total. The van der Waals surface area contributed by atoms with E-state index >= 15 is 0 Å². The van der Waals surface area contributed by atoms with Crippen molar-refractivity contribution in [1.82, 2.24) is 5.32 Å². The molecular formula is C12H16BrNO. The maximum absolute atomic E-state index is 5.97. The maximum Gasteiger partial charge on any atom is 0.120 e. The Morgan fingerprint density at radius 1 is 1.40 bits per heavy atom. The summed E-state index contributed by atoms with van der Waals surface area (Å²) in [5, 5.41) is 3.31. The summed E-state index contributed by atoms with van der Waals surface area (Å²) >= 11 is 3.45. The lowest BCUT2D eigenvalue weighted by molar-refractivity contribution is 0.179. The molecule has 0 radical (unpaired) electrons. The van der Waals surface area contributed by atoms with Crippen LogP contribution in [0.1, 0.15) is 19.3 Å². The second-order valence-electron chi connectivity index (χ2n) is 3.94. The van der Waals surface area contributed by atoms with Crippen LogP contribution in [-0.2, 0) is 0 Å². The van der Waals surface area contributed by atoms with Crippen LogP contribution in [0.2, 0.25) is 0 Å². The average molecular weight is 270 g/mol. The van der Waals surface area contributed by atoms with E-state index in [0.29, 0.717) is 12.1 Å². The first-order valence-corrected chi connectivity index (χ1v) is 6.18. The normalized spacial score (nSPS) is 25.5. The summed E-state index contributed by atoms with van der Waals surface area (Å²) in [5.41, 5.74) is 0. The van der Waals surface area contributed by atoms with Gasteiger partial charge in [0.2, 0.25) is 0 Å². The Hall–Kier alpha value is -0.540. The average Bonchev–Trinajstić information content (AvgIpc) is 2.65. The first-order valence-electron chi connectivity index (χ1n) is 5.39. The molecule has 0 bridgehead atoms. The third-order valence-electron chi connectivity index (χ3n) is 2.91.